The van der Waals surface area contributed by atoms with Crippen LogP contribution in [-0.4, -0.2) is 114 Å². The second-order valence-electron chi connectivity index (χ2n) is 37.5. The largest absolute Gasteiger partial charge is 2.00 e. The van der Waals surface area contributed by atoms with Crippen LogP contribution in [0.15, 0.2) is 96.8 Å². The van der Waals surface area contributed by atoms with Crippen molar-refractivity contribution in [3.8, 4) is 0 Å². The molecule has 0 atom stereocenters. The zero-order valence-electron chi connectivity index (χ0n) is 83.1. The van der Waals surface area contributed by atoms with Crippen LogP contribution in [0.5, 0.6) is 0 Å². The predicted molar refractivity (Wildman–Crippen MR) is 544 cm³/mol. The van der Waals surface area contributed by atoms with Crippen LogP contribution in [0.1, 0.15) is 581 Å². The molecule has 0 aliphatic heterocycles. The van der Waals surface area contributed by atoms with Crippen LogP contribution < -0.4 is 0 Å². The minimum absolute atomic E-state index is 0. The molecule has 129 heavy (non-hydrogen) atoms. The van der Waals surface area contributed by atoms with Gasteiger partial charge in [0.2, 0.25) is 0 Å². The van der Waals surface area contributed by atoms with Gasteiger partial charge < -0.3 is 28.1 Å². The molecule has 0 amide bonds. The quantitative estimate of drug-likeness (QED) is 0.0150. The van der Waals surface area contributed by atoms with Crippen molar-refractivity contribution >= 4 is 81.9 Å². The van der Waals surface area contributed by atoms with E-state index in [-0.39, 0.29) is 86.4 Å². The van der Waals surface area contributed by atoms with Gasteiger partial charge >= 0.3 is 61.6 Å². The molecule has 0 bridgehead atoms. The summed E-state index contributed by atoms with van der Waals surface area (Å²) in [4.78, 5) is 50.8. The second kappa shape index (κ2) is 96.1. The number of rotatable bonds is 98. The molecular weight excluding hydrogens is 1670 g/mol. The molecule has 0 fully saturated rings. The van der Waals surface area contributed by atoms with Gasteiger partial charge in [-0.1, -0.05) is 487 Å². The van der Waals surface area contributed by atoms with Crippen molar-refractivity contribution in [2.75, 3.05) is 26.4 Å². The SMILES string of the molecule is C=CCCCCCCCCCCCCCCCCCCCCCCOC(=O)c1ccc(S(=O)(=O)[O-])cc1C(=O)OCCCCCCCCCCCCCCCCCCCCCCC=C.C=CCCCCCCCCCCCCCCCCCCCCCCOC(=O)c1ccc(S(=O)(=O)[O-])cc1C(=O)OCCCCCCCCCCCCCCCCCCCCCCC=C.[Ca+2]. The summed E-state index contributed by atoms with van der Waals surface area (Å²) >= 11 is 0. The fourth-order valence-electron chi connectivity index (χ4n) is 17.3. The van der Waals surface area contributed by atoms with Crippen molar-refractivity contribution in [3.63, 3.8) is 0 Å². The first kappa shape index (κ1) is 125. The van der Waals surface area contributed by atoms with Crippen LogP contribution in [0, 0.1) is 0 Å². The molecule has 0 aromatic heterocycles. The second-order valence-corrected chi connectivity index (χ2v) is 40.2. The fraction of sp³-hybridized carbons (Fsp3) is 0.786. The molecule has 0 radical (unpaired) electrons. The monoisotopic (exact) mass is 1870 g/mol. The average Bonchev–Trinajstić information content (AvgIpc) is 0.812. The maximum atomic E-state index is 13.0. The van der Waals surface area contributed by atoms with Crippen LogP contribution in [0.2, 0.25) is 0 Å². The number of carbonyl (C=O) groups is 4. The molecule has 0 saturated heterocycles. The Morgan fingerprint density at radius 3 is 0.442 bits per heavy atom. The van der Waals surface area contributed by atoms with Gasteiger partial charge in [0.15, 0.2) is 0 Å². The van der Waals surface area contributed by atoms with Crippen LogP contribution >= 0.6 is 0 Å². The number of hydrogen-bond acceptors (Lipinski definition) is 14. The summed E-state index contributed by atoms with van der Waals surface area (Å²) in [5.41, 5.74) is -0.655. The van der Waals surface area contributed by atoms with Gasteiger partial charge in [0.25, 0.3) is 0 Å². The molecule has 2 rings (SSSR count). The third-order valence-electron chi connectivity index (χ3n) is 25.6. The molecule has 0 heterocycles. The Morgan fingerprint density at radius 2 is 0.318 bits per heavy atom. The van der Waals surface area contributed by atoms with E-state index in [1.807, 2.05) is 24.3 Å². The number of ether oxygens (including phenoxy) is 4. The van der Waals surface area contributed by atoms with Crippen LogP contribution in [-0.2, 0) is 39.2 Å². The van der Waals surface area contributed by atoms with Gasteiger partial charge in [-0.3, -0.25) is 0 Å². The summed E-state index contributed by atoms with van der Waals surface area (Å²) in [6.45, 7) is 15.9. The molecule has 0 N–H and O–H groups in total. The first-order valence-corrected chi connectivity index (χ1v) is 56.8. The molecule has 0 saturated carbocycles. The van der Waals surface area contributed by atoms with E-state index in [0.29, 0.717) is 25.7 Å². The fourth-order valence-corrected chi connectivity index (χ4v) is 18.3. The normalized spacial score (nSPS) is 11.4. The molecule has 2 aromatic rings. The molecule has 2 aromatic carbocycles. The molecule has 0 spiro atoms. The first-order chi connectivity index (χ1) is 62.6. The Kier molecular flexibility index (Phi) is 93.3. The molecule has 0 aliphatic rings. The third kappa shape index (κ3) is 82.4. The number of allylic oxidation sites excluding steroid dienone is 4. The zero-order chi connectivity index (χ0) is 92.9. The summed E-state index contributed by atoms with van der Waals surface area (Å²) in [5, 5.41) is 0. The molecule has 17 heteroatoms. The van der Waals surface area contributed by atoms with E-state index < -0.39 is 53.9 Å². The Labute approximate surface area is 824 Å². The van der Waals surface area contributed by atoms with Crippen molar-refractivity contribution in [3.05, 3.63) is 109 Å². The number of unbranched alkanes of at least 4 members (excludes halogenated alkanes) is 80. The maximum absolute atomic E-state index is 13.0. The van der Waals surface area contributed by atoms with Gasteiger partial charge in [-0.25, -0.2) is 36.0 Å². The summed E-state index contributed by atoms with van der Waals surface area (Å²) < 4.78 is 92.1. The molecule has 14 nitrogen and oxygen atoms in total. The van der Waals surface area contributed by atoms with Gasteiger partial charge in [0.1, 0.15) is 20.2 Å². The van der Waals surface area contributed by atoms with E-state index in [4.69, 9.17) is 18.9 Å². The Hall–Kier alpha value is -3.64. The zero-order valence-corrected chi connectivity index (χ0v) is 86.9. The van der Waals surface area contributed by atoms with E-state index in [9.17, 15) is 45.1 Å². The number of esters is 4. The Bertz CT molecular complexity index is 2960. The topological polar surface area (TPSA) is 220 Å². The van der Waals surface area contributed by atoms with Gasteiger partial charge in [-0.05, 0) is 113 Å². The van der Waals surface area contributed by atoms with E-state index >= 15 is 0 Å². The van der Waals surface area contributed by atoms with Crippen molar-refractivity contribution in [2.24, 2.45) is 0 Å². The smallest absolute Gasteiger partial charge is 0.744 e. The minimum atomic E-state index is -4.82. The maximum Gasteiger partial charge on any atom is 2.00 e. The molecule has 0 unspecified atom stereocenters. The molecule has 0 aliphatic carbocycles. The average molecular weight is 1870 g/mol. The summed E-state index contributed by atoms with van der Waals surface area (Å²) in [6.07, 6.45) is 115. The molecular formula is C112H194CaO14S2. The van der Waals surface area contributed by atoms with Crippen molar-refractivity contribution < 1.29 is 64.1 Å². The third-order valence-corrected chi connectivity index (χ3v) is 27.2. The Morgan fingerprint density at radius 1 is 0.202 bits per heavy atom. The van der Waals surface area contributed by atoms with Gasteiger partial charge in [0.05, 0.1) is 58.5 Å². The predicted octanol–water partition coefficient (Wildman–Crippen LogP) is 34.9. The summed E-state index contributed by atoms with van der Waals surface area (Å²) in [6, 6.07) is 6.33. The minimum Gasteiger partial charge on any atom is -0.744 e. The van der Waals surface area contributed by atoms with Crippen LogP contribution in [0.25, 0.3) is 0 Å². The van der Waals surface area contributed by atoms with E-state index in [2.05, 4.69) is 26.3 Å². The molecule has 740 valence electrons. The van der Waals surface area contributed by atoms with Crippen molar-refractivity contribution in [1.29, 1.82) is 0 Å². The van der Waals surface area contributed by atoms with Crippen LogP contribution in [0.4, 0.5) is 0 Å². The number of carbonyl (C=O) groups excluding carboxylic acids is 4. The Balaban J connectivity index is 0.00000252. The summed E-state index contributed by atoms with van der Waals surface area (Å²) in [5.74, 6) is -3.07. The van der Waals surface area contributed by atoms with Crippen LogP contribution in [0.3, 0.4) is 0 Å². The van der Waals surface area contributed by atoms with E-state index in [1.54, 1.807) is 0 Å². The standard InChI is InChI=1S/2C56H98O7S.Ca/c2*1-3-5-7-9-11-13-15-17-19-21-23-25-27-29-31-33-35-37-39-41-43-45-49-62-55(57)53-48-47-52(64(59,60)61)51-54(53)56(58)63-50-46-44-42-40-38-36-34-32-30-28-26-24-22-20-18-16-14-12-10-8-6-4-2;/h2*3-4,47-48,51H,1-2,5-46,49-50H2,(H,59,60,61);/q;;+2/p-2. The van der Waals surface area contributed by atoms with Crippen molar-refractivity contribution in [1.82, 2.24) is 0 Å². The van der Waals surface area contributed by atoms with Gasteiger partial charge in [-0.15, -0.1) is 26.3 Å². The van der Waals surface area contributed by atoms with Crippen molar-refractivity contribution in [2.45, 2.75) is 549 Å². The van der Waals surface area contributed by atoms with E-state index in [1.165, 1.54) is 436 Å². The number of hydrogen-bond donors (Lipinski definition) is 0. The van der Waals surface area contributed by atoms with Gasteiger partial charge in [-0.2, -0.15) is 0 Å². The van der Waals surface area contributed by atoms with Gasteiger partial charge in [0, 0.05) is 0 Å². The number of benzene rings is 2. The first-order valence-electron chi connectivity index (χ1n) is 53.9. The van der Waals surface area contributed by atoms with E-state index in [0.717, 1.165) is 114 Å². The summed E-state index contributed by atoms with van der Waals surface area (Å²) in [7, 11) is -9.64.